The first kappa shape index (κ1) is 17.7. The number of benzene rings is 1. The molecule has 0 aliphatic rings. The molecular weight excluding hydrogens is 304 g/mol. The van der Waals surface area contributed by atoms with Gasteiger partial charge in [0.1, 0.15) is 0 Å². The van der Waals surface area contributed by atoms with Crippen LogP contribution in [0.5, 0.6) is 0 Å². The van der Waals surface area contributed by atoms with Gasteiger partial charge < -0.3 is 10.6 Å². The minimum Gasteiger partial charge on any atom is -0.345 e. The molecule has 0 saturated heterocycles. The second-order valence-electron chi connectivity index (χ2n) is 5.84. The molecule has 6 heteroatoms. The quantitative estimate of drug-likeness (QED) is 0.820. The summed E-state index contributed by atoms with van der Waals surface area (Å²) in [6.45, 7) is 3.95. The monoisotopic (exact) mass is 328 g/mol. The lowest BCUT2D eigenvalue weighted by Crippen LogP contribution is -2.27. The molecule has 1 aromatic carbocycles. The fourth-order valence-corrected chi connectivity index (χ4v) is 2.43. The van der Waals surface area contributed by atoms with Gasteiger partial charge >= 0.3 is 0 Å². The van der Waals surface area contributed by atoms with Gasteiger partial charge in [0.15, 0.2) is 0 Å². The highest BCUT2D eigenvalue weighted by molar-refractivity contribution is 5.94. The van der Waals surface area contributed by atoms with Crippen molar-refractivity contribution in [2.75, 3.05) is 5.32 Å². The molecular formula is C18H24N4O2. The third-order valence-corrected chi connectivity index (χ3v) is 3.77. The molecule has 1 atom stereocenters. The summed E-state index contributed by atoms with van der Waals surface area (Å²) >= 11 is 0. The second-order valence-corrected chi connectivity index (χ2v) is 5.84. The fraction of sp³-hybridized carbons (Fsp3) is 0.389. The molecule has 24 heavy (non-hydrogen) atoms. The number of unbranched alkanes of at least 4 members (excludes halogenated alkanes) is 1. The molecule has 0 spiro atoms. The summed E-state index contributed by atoms with van der Waals surface area (Å²) in [5.41, 5.74) is 2.12. The Labute approximate surface area is 142 Å². The maximum atomic E-state index is 12.3. The minimum absolute atomic E-state index is 0.00455. The number of nitrogens with one attached hydrogen (secondary N) is 2. The Morgan fingerprint density at radius 3 is 2.71 bits per heavy atom. The van der Waals surface area contributed by atoms with E-state index in [1.165, 1.54) is 6.20 Å². The largest absolute Gasteiger partial charge is 0.345 e. The molecule has 2 rings (SSSR count). The number of nitrogens with zero attached hydrogens (tertiary/aromatic N) is 2. The average Bonchev–Trinajstić information content (AvgIpc) is 3.00. The molecule has 1 aromatic heterocycles. The van der Waals surface area contributed by atoms with Crippen molar-refractivity contribution in [3.05, 3.63) is 47.8 Å². The molecule has 0 radical (unpaired) electrons. The van der Waals surface area contributed by atoms with Gasteiger partial charge in [0.25, 0.3) is 5.91 Å². The summed E-state index contributed by atoms with van der Waals surface area (Å²) in [6, 6.07) is 7.29. The van der Waals surface area contributed by atoms with Crippen LogP contribution in [0.25, 0.3) is 0 Å². The number of amides is 2. The van der Waals surface area contributed by atoms with Crippen molar-refractivity contribution >= 4 is 17.5 Å². The zero-order valence-corrected chi connectivity index (χ0v) is 14.4. The first-order valence-corrected chi connectivity index (χ1v) is 8.19. The van der Waals surface area contributed by atoms with Crippen LogP contribution in [0, 0.1) is 0 Å². The van der Waals surface area contributed by atoms with Crippen molar-refractivity contribution in [1.82, 2.24) is 15.1 Å². The third-order valence-electron chi connectivity index (χ3n) is 3.77. The average molecular weight is 328 g/mol. The van der Waals surface area contributed by atoms with Crippen LogP contribution >= 0.6 is 0 Å². The molecule has 2 amide bonds. The number of rotatable bonds is 7. The molecule has 2 N–H and O–H groups in total. The molecule has 0 bridgehead atoms. The smallest absolute Gasteiger partial charge is 0.254 e. The van der Waals surface area contributed by atoms with Crippen LogP contribution in [-0.4, -0.2) is 21.6 Å². The van der Waals surface area contributed by atoms with Gasteiger partial charge in [-0.1, -0.05) is 31.5 Å². The Morgan fingerprint density at radius 1 is 1.29 bits per heavy atom. The minimum atomic E-state index is -0.236. The Bertz CT molecular complexity index is 709. The van der Waals surface area contributed by atoms with E-state index in [-0.39, 0.29) is 17.9 Å². The lowest BCUT2D eigenvalue weighted by Gasteiger charge is -2.18. The van der Waals surface area contributed by atoms with Gasteiger partial charge in [0.05, 0.1) is 17.8 Å². The normalized spacial score (nSPS) is 11.8. The van der Waals surface area contributed by atoms with Gasteiger partial charge in [-0.3, -0.25) is 14.3 Å². The number of carbonyl (C=O) groups is 2. The van der Waals surface area contributed by atoms with Crippen molar-refractivity contribution in [2.45, 2.75) is 39.2 Å². The van der Waals surface area contributed by atoms with E-state index in [4.69, 9.17) is 0 Å². The molecule has 2 aromatic rings. The van der Waals surface area contributed by atoms with E-state index in [9.17, 15) is 9.59 Å². The van der Waals surface area contributed by atoms with Crippen LogP contribution in [0.2, 0.25) is 0 Å². The van der Waals surface area contributed by atoms with E-state index in [1.54, 1.807) is 17.9 Å². The Balaban J connectivity index is 2.07. The number of aromatic nitrogens is 2. The summed E-state index contributed by atoms with van der Waals surface area (Å²) in [6.07, 6.45) is 5.54. The zero-order chi connectivity index (χ0) is 17.5. The van der Waals surface area contributed by atoms with E-state index in [2.05, 4.69) is 22.7 Å². The Hall–Kier alpha value is -2.63. The van der Waals surface area contributed by atoms with Crippen molar-refractivity contribution in [1.29, 1.82) is 0 Å². The highest BCUT2D eigenvalue weighted by Gasteiger charge is 2.16. The number of hydrogen-bond acceptors (Lipinski definition) is 3. The number of aryl methyl sites for hydroxylation is 1. The molecule has 6 nitrogen and oxygen atoms in total. The van der Waals surface area contributed by atoms with Crippen molar-refractivity contribution < 1.29 is 9.59 Å². The summed E-state index contributed by atoms with van der Waals surface area (Å²) in [7, 11) is 1.77. The third kappa shape index (κ3) is 4.68. The van der Waals surface area contributed by atoms with E-state index in [0.29, 0.717) is 12.0 Å². The molecule has 0 aliphatic heterocycles. The van der Waals surface area contributed by atoms with Gasteiger partial charge in [0.2, 0.25) is 5.91 Å². The molecule has 0 saturated carbocycles. The van der Waals surface area contributed by atoms with Gasteiger partial charge in [0, 0.05) is 25.4 Å². The standard InChI is InChI=1S/C18H24N4O2/c1-4-5-10-17(23)21-16-9-7-6-8-15(16)13(2)20-18(24)14-11-19-22(3)12-14/h6-9,11-13H,4-5,10H2,1-3H3,(H,20,24)(H,21,23). The number of para-hydroxylation sites is 1. The maximum Gasteiger partial charge on any atom is 0.254 e. The van der Waals surface area contributed by atoms with E-state index >= 15 is 0 Å². The number of carbonyl (C=O) groups excluding carboxylic acids is 2. The summed E-state index contributed by atoms with van der Waals surface area (Å²) in [4.78, 5) is 24.2. The van der Waals surface area contributed by atoms with Crippen molar-refractivity contribution in [3.8, 4) is 0 Å². The number of hydrogen-bond donors (Lipinski definition) is 2. The SMILES string of the molecule is CCCCC(=O)Nc1ccccc1C(C)NC(=O)c1cnn(C)c1. The lowest BCUT2D eigenvalue weighted by atomic mass is 10.1. The van der Waals surface area contributed by atoms with Crippen LogP contribution < -0.4 is 10.6 Å². The summed E-state index contributed by atoms with van der Waals surface area (Å²) in [5, 5.41) is 9.88. The van der Waals surface area contributed by atoms with Crippen molar-refractivity contribution in [2.24, 2.45) is 7.05 Å². The van der Waals surface area contributed by atoms with Crippen LogP contribution in [0.1, 0.15) is 55.1 Å². The second kappa shape index (κ2) is 8.29. The molecule has 1 unspecified atom stereocenters. The first-order chi connectivity index (χ1) is 11.5. The Kier molecular flexibility index (Phi) is 6.12. The summed E-state index contributed by atoms with van der Waals surface area (Å²) < 4.78 is 1.58. The fourth-order valence-electron chi connectivity index (χ4n) is 2.43. The van der Waals surface area contributed by atoms with E-state index in [0.717, 1.165) is 24.1 Å². The van der Waals surface area contributed by atoms with Crippen LogP contribution in [0.4, 0.5) is 5.69 Å². The van der Waals surface area contributed by atoms with Crippen LogP contribution in [0.15, 0.2) is 36.7 Å². The van der Waals surface area contributed by atoms with Gasteiger partial charge in [-0.05, 0) is 25.0 Å². The topological polar surface area (TPSA) is 76.0 Å². The van der Waals surface area contributed by atoms with Crippen molar-refractivity contribution in [3.63, 3.8) is 0 Å². The van der Waals surface area contributed by atoms with Gasteiger partial charge in [-0.2, -0.15) is 5.10 Å². The molecule has 0 fully saturated rings. The van der Waals surface area contributed by atoms with Crippen LogP contribution in [0.3, 0.4) is 0 Å². The maximum absolute atomic E-state index is 12.3. The molecule has 128 valence electrons. The van der Waals surface area contributed by atoms with Gasteiger partial charge in [-0.25, -0.2) is 0 Å². The number of anilines is 1. The van der Waals surface area contributed by atoms with Gasteiger partial charge in [-0.15, -0.1) is 0 Å². The lowest BCUT2D eigenvalue weighted by molar-refractivity contribution is -0.116. The predicted molar refractivity (Wildman–Crippen MR) is 93.7 cm³/mol. The predicted octanol–water partition coefficient (Wildman–Crippen LogP) is 3.04. The molecule has 0 aliphatic carbocycles. The zero-order valence-electron chi connectivity index (χ0n) is 14.4. The van der Waals surface area contributed by atoms with Crippen LogP contribution in [-0.2, 0) is 11.8 Å². The molecule has 1 heterocycles. The highest BCUT2D eigenvalue weighted by Crippen LogP contribution is 2.23. The van der Waals surface area contributed by atoms with E-state index < -0.39 is 0 Å². The highest BCUT2D eigenvalue weighted by atomic mass is 16.2. The summed E-state index contributed by atoms with van der Waals surface area (Å²) in [5.74, 6) is -0.196. The van der Waals surface area contributed by atoms with E-state index in [1.807, 2.05) is 31.2 Å². The Morgan fingerprint density at radius 2 is 2.04 bits per heavy atom. The first-order valence-electron chi connectivity index (χ1n) is 8.19.